The van der Waals surface area contributed by atoms with Crippen LogP contribution in [0.2, 0.25) is 0 Å². The summed E-state index contributed by atoms with van der Waals surface area (Å²) in [5.41, 5.74) is 2.20. The highest BCUT2D eigenvalue weighted by atomic mass is 19.4. The molecule has 0 saturated heterocycles. The van der Waals surface area contributed by atoms with E-state index in [0.29, 0.717) is 13.1 Å². The SMILES string of the molecule is CCCCCCC#Cc1ccc(C[N]Cc2ccc(C(F)(F)F)cc2)cc1. The van der Waals surface area contributed by atoms with E-state index >= 15 is 0 Å². The molecule has 0 bridgehead atoms. The van der Waals surface area contributed by atoms with Crippen LogP contribution >= 0.6 is 0 Å². The minimum Gasteiger partial charge on any atom is -0.232 e. The van der Waals surface area contributed by atoms with E-state index < -0.39 is 11.7 Å². The van der Waals surface area contributed by atoms with Gasteiger partial charge in [0.15, 0.2) is 0 Å². The standard InChI is InChI=1S/C23H25F3N/c1-2-3-4-5-6-7-8-19-9-11-20(12-10-19)17-27-18-21-13-15-22(16-14-21)23(24,25)26/h9-16H,2-6,17-18H2,1H3. The molecule has 27 heavy (non-hydrogen) atoms. The van der Waals surface area contributed by atoms with Crippen LogP contribution in [0, 0.1) is 11.8 Å². The van der Waals surface area contributed by atoms with Gasteiger partial charge in [-0.25, -0.2) is 5.32 Å². The average molecular weight is 372 g/mol. The Morgan fingerprint density at radius 3 is 1.96 bits per heavy atom. The molecule has 4 heteroatoms. The van der Waals surface area contributed by atoms with Crippen LogP contribution in [0.4, 0.5) is 13.2 Å². The Kier molecular flexibility index (Phi) is 8.42. The van der Waals surface area contributed by atoms with Crippen molar-refractivity contribution in [1.29, 1.82) is 0 Å². The summed E-state index contributed by atoms with van der Waals surface area (Å²) in [6.45, 7) is 3.13. The van der Waals surface area contributed by atoms with Gasteiger partial charge in [-0.3, -0.25) is 0 Å². The molecule has 0 aliphatic carbocycles. The molecule has 0 atom stereocenters. The predicted octanol–water partition coefficient (Wildman–Crippen LogP) is 6.33. The zero-order valence-corrected chi connectivity index (χ0v) is 15.6. The van der Waals surface area contributed by atoms with E-state index in [4.69, 9.17) is 0 Å². The third kappa shape index (κ3) is 7.88. The molecule has 2 aromatic rings. The molecule has 0 spiro atoms. The molecule has 2 rings (SSSR count). The molecule has 0 heterocycles. The zero-order chi connectivity index (χ0) is 19.5. The number of rotatable bonds is 8. The molecule has 1 radical (unpaired) electrons. The second-order valence-corrected chi connectivity index (χ2v) is 6.54. The third-order valence-corrected chi connectivity index (χ3v) is 4.21. The summed E-state index contributed by atoms with van der Waals surface area (Å²) in [7, 11) is 0. The lowest BCUT2D eigenvalue weighted by Gasteiger charge is -2.08. The van der Waals surface area contributed by atoms with Crippen molar-refractivity contribution in [2.24, 2.45) is 0 Å². The largest absolute Gasteiger partial charge is 0.416 e. The zero-order valence-electron chi connectivity index (χ0n) is 15.6. The van der Waals surface area contributed by atoms with Crippen molar-refractivity contribution in [3.8, 4) is 11.8 Å². The smallest absolute Gasteiger partial charge is 0.232 e. The summed E-state index contributed by atoms with van der Waals surface area (Å²) in [6.07, 6.45) is 1.54. The summed E-state index contributed by atoms with van der Waals surface area (Å²) in [6, 6.07) is 13.1. The van der Waals surface area contributed by atoms with Gasteiger partial charge in [-0.2, -0.15) is 13.2 Å². The summed E-state index contributed by atoms with van der Waals surface area (Å²) < 4.78 is 37.6. The number of hydrogen-bond acceptors (Lipinski definition) is 0. The second-order valence-electron chi connectivity index (χ2n) is 6.54. The first kappa shape index (κ1) is 21.1. The lowest BCUT2D eigenvalue weighted by molar-refractivity contribution is -0.137. The van der Waals surface area contributed by atoms with Gasteiger partial charge in [0.2, 0.25) is 0 Å². The van der Waals surface area contributed by atoms with Gasteiger partial charge in [-0.15, -0.1) is 0 Å². The molecular weight excluding hydrogens is 347 g/mol. The Bertz CT molecular complexity index is 734. The molecule has 0 saturated carbocycles. The van der Waals surface area contributed by atoms with Crippen LogP contribution in [0.3, 0.4) is 0 Å². The summed E-state index contributed by atoms with van der Waals surface area (Å²) in [5.74, 6) is 6.38. The van der Waals surface area contributed by atoms with Crippen LogP contribution < -0.4 is 5.32 Å². The molecule has 0 aromatic heterocycles. The van der Waals surface area contributed by atoms with E-state index in [2.05, 4.69) is 24.1 Å². The lowest BCUT2D eigenvalue weighted by Crippen LogP contribution is -2.07. The van der Waals surface area contributed by atoms with E-state index in [-0.39, 0.29) is 0 Å². The van der Waals surface area contributed by atoms with Gasteiger partial charge >= 0.3 is 6.18 Å². The van der Waals surface area contributed by atoms with Crippen molar-refractivity contribution in [2.75, 3.05) is 0 Å². The number of nitrogens with zero attached hydrogens (tertiary/aromatic N) is 1. The van der Waals surface area contributed by atoms with E-state index in [0.717, 1.165) is 41.7 Å². The maximum Gasteiger partial charge on any atom is 0.416 e. The van der Waals surface area contributed by atoms with E-state index in [1.807, 2.05) is 24.3 Å². The fourth-order valence-electron chi connectivity index (χ4n) is 2.61. The molecule has 0 amide bonds. The van der Waals surface area contributed by atoms with E-state index in [1.54, 1.807) is 0 Å². The van der Waals surface area contributed by atoms with E-state index in [1.165, 1.54) is 31.4 Å². The predicted molar refractivity (Wildman–Crippen MR) is 103 cm³/mol. The maximum absolute atomic E-state index is 12.5. The van der Waals surface area contributed by atoms with Crippen LogP contribution in [0.15, 0.2) is 48.5 Å². The summed E-state index contributed by atoms with van der Waals surface area (Å²) >= 11 is 0. The third-order valence-electron chi connectivity index (χ3n) is 4.21. The molecule has 1 nitrogen and oxygen atoms in total. The van der Waals surface area contributed by atoms with Crippen molar-refractivity contribution in [3.05, 3.63) is 70.8 Å². The highest BCUT2D eigenvalue weighted by Gasteiger charge is 2.29. The highest BCUT2D eigenvalue weighted by molar-refractivity contribution is 5.36. The highest BCUT2D eigenvalue weighted by Crippen LogP contribution is 2.29. The van der Waals surface area contributed by atoms with Gasteiger partial charge in [-0.05, 0) is 41.8 Å². The molecule has 0 fully saturated rings. The molecule has 0 unspecified atom stereocenters. The maximum atomic E-state index is 12.5. The average Bonchev–Trinajstić information content (AvgIpc) is 2.65. The van der Waals surface area contributed by atoms with Crippen molar-refractivity contribution in [2.45, 2.75) is 58.3 Å². The van der Waals surface area contributed by atoms with Crippen LogP contribution in [-0.2, 0) is 19.3 Å². The second kappa shape index (κ2) is 10.8. The van der Waals surface area contributed by atoms with Crippen LogP contribution in [0.25, 0.3) is 0 Å². The molecule has 0 N–H and O–H groups in total. The first-order chi connectivity index (χ1) is 13.0. The number of unbranched alkanes of at least 4 members (excludes halogenated alkanes) is 4. The molecule has 2 aromatic carbocycles. The van der Waals surface area contributed by atoms with E-state index in [9.17, 15) is 13.2 Å². The van der Waals surface area contributed by atoms with Gasteiger partial charge in [0.1, 0.15) is 0 Å². The Hall–Kier alpha value is -2.25. The first-order valence-corrected chi connectivity index (χ1v) is 9.36. The summed E-state index contributed by atoms with van der Waals surface area (Å²) in [5, 5.41) is 4.42. The van der Waals surface area contributed by atoms with Crippen LogP contribution in [-0.4, -0.2) is 0 Å². The Morgan fingerprint density at radius 1 is 0.815 bits per heavy atom. The van der Waals surface area contributed by atoms with Gasteiger partial charge in [0.25, 0.3) is 0 Å². The lowest BCUT2D eigenvalue weighted by atomic mass is 10.1. The number of alkyl halides is 3. The number of benzene rings is 2. The van der Waals surface area contributed by atoms with Crippen molar-refractivity contribution in [1.82, 2.24) is 5.32 Å². The summed E-state index contributed by atoms with van der Waals surface area (Å²) in [4.78, 5) is 0. The van der Waals surface area contributed by atoms with Gasteiger partial charge in [-0.1, -0.05) is 62.3 Å². The van der Waals surface area contributed by atoms with Gasteiger partial charge in [0.05, 0.1) is 5.56 Å². The quantitative estimate of drug-likeness (QED) is 0.380. The normalized spacial score (nSPS) is 11.1. The van der Waals surface area contributed by atoms with Crippen molar-refractivity contribution in [3.63, 3.8) is 0 Å². The van der Waals surface area contributed by atoms with Gasteiger partial charge < -0.3 is 0 Å². The Labute approximate surface area is 160 Å². The first-order valence-electron chi connectivity index (χ1n) is 9.36. The van der Waals surface area contributed by atoms with Crippen LogP contribution in [0.5, 0.6) is 0 Å². The molecule has 0 aliphatic heterocycles. The van der Waals surface area contributed by atoms with Crippen LogP contribution in [0.1, 0.15) is 61.3 Å². The molecule has 0 aliphatic rings. The molecular formula is C23H25F3N. The Balaban J connectivity index is 1.74. The number of hydrogen-bond donors (Lipinski definition) is 0. The monoisotopic (exact) mass is 372 g/mol. The molecule has 143 valence electrons. The van der Waals surface area contributed by atoms with Gasteiger partial charge in [0, 0.05) is 25.1 Å². The minimum atomic E-state index is -4.30. The topological polar surface area (TPSA) is 14.1 Å². The fraction of sp³-hybridized carbons (Fsp3) is 0.391. The minimum absolute atomic E-state index is 0.400. The number of halogens is 3. The van der Waals surface area contributed by atoms with Crippen molar-refractivity contribution < 1.29 is 13.2 Å². The Morgan fingerprint density at radius 2 is 1.41 bits per heavy atom. The van der Waals surface area contributed by atoms with Crippen molar-refractivity contribution >= 4 is 0 Å². The fourth-order valence-corrected chi connectivity index (χ4v) is 2.61.